The molecule has 8 nitrogen and oxygen atoms in total. The number of rotatable bonds is 9. The van der Waals surface area contributed by atoms with Crippen molar-refractivity contribution in [1.82, 2.24) is 4.98 Å². The summed E-state index contributed by atoms with van der Waals surface area (Å²) < 4.78 is 18.2. The van der Waals surface area contributed by atoms with Gasteiger partial charge in [-0.1, -0.05) is 53.8 Å². The SMILES string of the molecule is CCOc1ccc(/C(O)=C2\C(=O)C(=O)N(c3nc4ccc(C)cc4s3)C2c2ccc(OCc3ccccc3)c(OC)c2)cc1. The van der Waals surface area contributed by atoms with E-state index in [2.05, 4.69) is 0 Å². The Labute approximate surface area is 258 Å². The minimum absolute atomic E-state index is 0.0467. The minimum atomic E-state index is -0.972. The Kier molecular flexibility index (Phi) is 8.04. The summed E-state index contributed by atoms with van der Waals surface area (Å²) in [5.74, 6) is -0.327. The summed E-state index contributed by atoms with van der Waals surface area (Å²) in [6, 6.07) is 26.6. The van der Waals surface area contributed by atoms with Crippen LogP contribution in [0.5, 0.6) is 17.2 Å². The Morgan fingerprint density at radius 1 is 0.932 bits per heavy atom. The number of ketones is 1. The van der Waals surface area contributed by atoms with E-state index in [4.69, 9.17) is 19.2 Å². The average molecular weight is 607 g/mol. The number of nitrogens with zero attached hydrogens (tertiary/aromatic N) is 2. The third-order valence-electron chi connectivity index (χ3n) is 7.36. The number of carbonyl (C=O) groups excluding carboxylic acids is 2. The lowest BCUT2D eigenvalue weighted by atomic mass is 9.95. The number of fused-ring (bicyclic) bond motifs is 1. The number of aliphatic hydroxyl groups excluding tert-OH is 1. The monoisotopic (exact) mass is 606 g/mol. The maximum Gasteiger partial charge on any atom is 0.301 e. The highest BCUT2D eigenvalue weighted by Gasteiger charge is 2.48. The number of aryl methyl sites for hydroxylation is 1. The molecule has 1 aromatic heterocycles. The van der Waals surface area contributed by atoms with Crippen LogP contribution in [0.1, 0.15) is 35.2 Å². The van der Waals surface area contributed by atoms with E-state index in [-0.39, 0.29) is 11.3 Å². The summed E-state index contributed by atoms with van der Waals surface area (Å²) in [6.45, 7) is 4.68. The highest BCUT2D eigenvalue weighted by atomic mass is 32.1. The fourth-order valence-corrected chi connectivity index (χ4v) is 6.30. The fraction of sp³-hybridized carbons (Fsp3) is 0.171. The number of carbonyl (C=O) groups is 2. The molecule has 9 heteroatoms. The summed E-state index contributed by atoms with van der Waals surface area (Å²) >= 11 is 1.31. The molecule has 0 aliphatic carbocycles. The van der Waals surface area contributed by atoms with Crippen molar-refractivity contribution in [2.24, 2.45) is 0 Å². The highest BCUT2D eigenvalue weighted by molar-refractivity contribution is 7.22. The molecule has 44 heavy (non-hydrogen) atoms. The Hall–Kier alpha value is -5.15. The number of Topliss-reactive ketones (excluding diaryl/α,β-unsaturated/α-hetero) is 1. The van der Waals surface area contributed by atoms with Gasteiger partial charge >= 0.3 is 5.91 Å². The molecule has 1 unspecified atom stereocenters. The molecule has 6 rings (SSSR count). The molecule has 222 valence electrons. The molecule has 0 radical (unpaired) electrons. The maximum absolute atomic E-state index is 13.7. The molecule has 1 aliphatic heterocycles. The number of amides is 1. The second-order valence-electron chi connectivity index (χ2n) is 10.3. The molecular weight excluding hydrogens is 576 g/mol. The van der Waals surface area contributed by atoms with Crippen LogP contribution in [0.15, 0.2) is 96.6 Å². The second-order valence-corrected chi connectivity index (χ2v) is 11.3. The number of methoxy groups -OCH3 is 1. The molecule has 4 aromatic carbocycles. The Morgan fingerprint density at radius 2 is 1.70 bits per heavy atom. The largest absolute Gasteiger partial charge is 0.507 e. The molecule has 2 heterocycles. The van der Waals surface area contributed by atoms with Crippen molar-refractivity contribution >= 4 is 44.1 Å². The van der Waals surface area contributed by atoms with Crippen molar-refractivity contribution < 1.29 is 28.9 Å². The zero-order valence-electron chi connectivity index (χ0n) is 24.4. The van der Waals surface area contributed by atoms with E-state index in [9.17, 15) is 14.7 Å². The van der Waals surface area contributed by atoms with Gasteiger partial charge < -0.3 is 19.3 Å². The van der Waals surface area contributed by atoms with Gasteiger partial charge in [0.1, 0.15) is 18.1 Å². The van der Waals surface area contributed by atoms with E-state index < -0.39 is 17.7 Å². The first kappa shape index (κ1) is 28.9. The van der Waals surface area contributed by atoms with E-state index >= 15 is 0 Å². The molecule has 1 saturated heterocycles. The first-order chi connectivity index (χ1) is 21.4. The maximum atomic E-state index is 13.7. The van der Waals surface area contributed by atoms with E-state index in [0.717, 1.165) is 15.8 Å². The normalized spacial score (nSPS) is 16.0. The van der Waals surface area contributed by atoms with Crippen molar-refractivity contribution in [2.45, 2.75) is 26.5 Å². The molecule has 0 spiro atoms. The van der Waals surface area contributed by atoms with Crippen LogP contribution in [0, 0.1) is 6.92 Å². The van der Waals surface area contributed by atoms with E-state index in [1.807, 2.05) is 62.4 Å². The molecule has 1 aliphatic rings. The summed E-state index contributed by atoms with van der Waals surface area (Å²) in [5.41, 5.74) is 3.65. The van der Waals surface area contributed by atoms with Crippen LogP contribution in [0.3, 0.4) is 0 Å². The van der Waals surface area contributed by atoms with E-state index in [0.29, 0.717) is 52.2 Å². The minimum Gasteiger partial charge on any atom is -0.507 e. The molecule has 1 atom stereocenters. The average Bonchev–Trinajstić information content (AvgIpc) is 3.57. The zero-order valence-corrected chi connectivity index (χ0v) is 25.3. The fourth-order valence-electron chi connectivity index (χ4n) is 5.21. The lowest BCUT2D eigenvalue weighted by Crippen LogP contribution is -2.29. The van der Waals surface area contributed by atoms with Crippen molar-refractivity contribution in [3.05, 3.63) is 119 Å². The van der Waals surface area contributed by atoms with Crippen LogP contribution in [-0.4, -0.2) is 35.5 Å². The van der Waals surface area contributed by atoms with Gasteiger partial charge in [-0.15, -0.1) is 0 Å². The Bertz CT molecular complexity index is 1880. The smallest absolute Gasteiger partial charge is 0.301 e. The van der Waals surface area contributed by atoms with Gasteiger partial charge in [0.05, 0.1) is 35.5 Å². The van der Waals surface area contributed by atoms with Crippen LogP contribution in [0.4, 0.5) is 5.13 Å². The lowest BCUT2D eigenvalue weighted by molar-refractivity contribution is -0.132. The number of ether oxygens (including phenoxy) is 3. The lowest BCUT2D eigenvalue weighted by Gasteiger charge is -2.24. The van der Waals surface area contributed by atoms with Crippen molar-refractivity contribution in [1.29, 1.82) is 0 Å². The van der Waals surface area contributed by atoms with Crippen LogP contribution in [0.25, 0.3) is 16.0 Å². The number of aromatic nitrogens is 1. The summed E-state index contributed by atoms with van der Waals surface area (Å²) in [7, 11) is 1.53. The first-order valence-corrected chi connectivity index (χ1v) is 15.0. The number of aliphatic hydroxyl groups is 1. The number of anilines is 1. The molecule has 1 fully saturated rings. The van der Waals surface area contributed by atoms with Crippen LogP contribution < -0.4 is 19.1 Å². The third kappa shape index (κ3) is 5.49. The predicted octanol–water partition coefficient (Wildman–Crippen LogP) is 7.22. The van der Waals surface area contributed by atoms with Gasteiger partial charge in [-0.3, -0.25) is 14.5 Å². The summed E-state index contributed by atoms with van der Waals surface area (Å²) in [6.07, 6.45) is 0. The number of thiazole rings is 1. The molecule has 0 bridgehead atoms. The van der Waals surface area contributed by atoms with Crippen molar-refractivity contribution in [3.8, 4) is 17.2 Å². The van der Waals surface area contributed by atoms with E-state index in [1.165, 1.54) is 23.3 Å². The van der Waals surface area contributed by atoms with Gasteiger partial charge in [-0.2, -0.15) is 0 Å². The summed E-state index contributed by atoms with van der Waals surface area (Å²) in [4.78, 5) is 33.5. The topological polar surface area (TPSA) is 98.2 Å². The molecular formula is C35H30N2O6S. The third-order valence-corrected chi connectivity index (χ3v) is 8.38. The van der Waals surface area contributed by atoms with Gasteiger partial charge in [-0.25, -0.2) is 4.98 Å². The van der Waals surface area contributed by atoms with E-state index in [1.54, 1.807) is 42.5 Å². The van der Waals surface area contributed by atoms with Gasteiger partial charge in [0, 0.05) is 5.56 Å². The number of benzene rings is 4. The summed E-state index contributed by atoms with van der Waals surface area (Å²) in [5, 5.41) is 11.9. The van der Waals surface area contributed by atoms with Crippen LogP contribution >= 0.6 is 11.3 Å². The first-order valence-electron chi connectivity index (χ1n) is 14.1. The van der Waals surface area contributed by atoms with Crippen molar-refractivity contribution in [3.63, 3.8) is 0 Å². The zero-order chi connectivity index (χ0) is 30.8. The predicted molar refractivity (Wildman–Crippen MR) is 171 cm³/mol. The Morgan fingerprint density at radius 3 is 2.43 bits per heavy atom. The van der Waals surface area contributed by atoms with Crippen LogP contribution in [0.2, 0.25) is 0 Å². The van der Waals surface area contributed by atoms with Gasteiger partial charge in [0.2, 0.25) is 0 Å². The number of hydrogen-bond donors (Lipinski definition) is 1. The van der Waals surface area contributed by atoms with Gasteiger partial charge in [-0.05, 0) is 79.1 Å². The van der Waals surface area contributed by atoms with Crippen LogP contribution in [-0.2, 0) is 16.2 Å². The number of hydrogen-bond acceptors (Lipinski definition) is 8. The molecule has 1 N–H and O–H groups in total. The quantitative estimate of drug-likeness (QED) is 0.107. The molecule has 1 amide bonds. The standard InChI is InChI=1S/C35H30N2O6S/c1-4-42-25-14-11-23(12-15-25)32(38)30-31(24-13-17-27(28(19-24)41-3)43-20-22-8-6-5-7-9-22)37(34(40)33(30)39)35-36-26-16-10-21(2)18-29(26)44-35/h5-19,31,38H,4,20H2,1-3H3/b32-30+. The molecule has 5 aromatic rings. The van der Waals surface area contributed by atoms with Gasteiger partial charge in [0.25, 0.3) is 5.78 Å². The second kappa shape index (κ2) is 12.2. The van der Waals surface area contributed by atoms with Crippen molar-refractivity contribution in [2.75, 3.05) is 18.6 Å². The highest BCUT2D eigenvalue weighted by Crippen LogP contribution is 2.46. The molecule has 0 saturated carbocycles. The Balaban J connectivity index is 1.46. The van der Waals surface area contributed by atoms with Gasteiger partial charge in [0.15, 0.2) is 16.6 Å².